The maximum Gasteiger partial charge on any atom is 0.336 e. The van der Waals surface area contributed by atoms with E-state index < -0.39 is 0 Å². The molecular formula is C19H23NO4. The summed E-state index contributed by atoms with van der Waals surface area (Å²) in [6.45, 7) is 5.41. The Hall–Kier alpha value is -2.14. The van der Waals surface area contributed by atoms with E-state index in [4.69, 9.17) is 9.15 Å². The van der Waals surface area contributed by atoms with Crippen LogP contribution in [0.1, 0.15) is 36.0 Å². The molecule has 1 saturated heterocycles. The third kappa shape index (κ3) is 3.22. The summed E-state index contributed by atoms with van der Waals surface area (Å²) < 4.78 is 10.3. The first kappa shape index (κ1) is 16.7. The Morgan fingerprint density at radius 3 is 2.75 bits per heavy atom. The number of esters is 1. The second-order valence-corrected chi connectivity index (χ2v) is 6.53. The van der Waals surface area contributed by atoms with Gasteiger partial charge < -0.3 is 9.15 Å². The lowest BCUT2D eigenvalue weighted by Gasteiger charge is -2.33. The van der Waals surface area contributed by atoms with E-state index in [2.05, 4.69) is 11.0 Å². The standard InChI is InChI=1S/C19H23NO4/c1-12-8-15-14(10-18(21)24-17(15)9-13(12)2)11-20-7-5-4-6-16(20)19(22)23-3/h8-10,16H,4-7,11H2,1-3H3/t16-/m1/s1. The van der Waals surface area contributed by atoms with E-state index in [1.54, 1.807) is 6.07 Å². The van der Waals surface area contributed by atoms with Crippen molar-refractivity contribution < 1.29 is 13.9 Å². The number of ether oxygens (including phenoxy) is 1. The fraction of sp³-hybridized carbons (Fsp3) is 0.474. The zero-order valence-electron chi connectivity index (χ0n) is 14.4. The number of fused-ring (bicyclic) bond motifs is 1. The number of likely N-dealkylation sites (tertiary alicyclic amines) is 1. The van der Waals surface area contributed by atoms with Gasteiger partial charge in [-0.05, 0) is 62.1 Å². The summed E-state index contributed by atoms with van der Waals surface area (Å²) >= 11 is 0. The SMILES string of the molecule is COC(=O)[C@H]1CCCCN1Cc1cc(=O)oc2cc(C)c(C)cc12. The number of methoxy groups -OCH3 is 1. The van der Waals surface area contributed by atoms with E-state index in [1.165, 1.54) is 7.11 Å². The molecule has 1 aliphatic heterocycles. The highest BCUT2D eigenvalue weighted by molar-refractivity contribution is 5.82. The number of hydrogen-bond acceptors (Lipinski definition) is 5. The van der Waals surface area contributed by atoms with Gasteiger partial charge in [-0.2, -0.15) is 0 Å². The molecule has 1 fully saturated rings. The van der Waals surface area contributed by atoms with Crippen molar-refractivity contribution in [3.8, 4) is 0 Å². The highest BCUT2D eigenvalue weighted by atomic mass is 16.5. The minimum atomic E-state index is -0.354. The maximum atomic E-state index is 12.1. The lowest BCUT2D eigenvalue weighted by molar-refractivity contribution is -0.148. The average Bonchev–Trinajstić information content (AvgIpc) is 2.56. The number of hydrogen-bond donors (Lipinski definition) is 0. The number of carbonyl (C=O) groups is 1. The second kappa shape index (κ2) is 6.77. The van der Waals surface area contributed by atoms with Gasteiger partial charge in [0.2, 0.25) is 0 Å². The minimum absolute atomic E-state index is 0.200. The number of carbonyl (C=O) groups excluding carboxylic acids is 1. The van der Waals surface area contributed by atoms with Crippen LogP contribution in [0.15, 0.2) is 27.4 Å². The summed E-state index contributed by atoms with van der Waals surface area (Å²) in [4.78, 5) is 26.1. The van der Waals surface area contributed by atoms with Gasteiger partial charge in [0.25, 0.3) is 0 Å². The Morgan fingerprint density at radius 2 is 2.00 bits per heavy atom. The molecule has 0 bridgehead atoms. The number of benzene rings is 1. The first-order chi connectivity index (χ1) is 11.5. The fourth-order valence-corrected chi connectivity index (χ4v) is 3.42. The molecule has 0 spiro atoms. The highest BCUT2D eigenvalue weighted by Crippen LogP contribution is 2.26. The van der Waals surface area contributed by atoms with Crippen molar-refractivity contribution in [3.63, 3.8) is 0 Å². The van der Waals surface area contributed by atoms with E-state index in [0.717, 1.165) is 47.9 Å². The van der Waals surface area contributed by atoms with Crippen LogP contribution in [0.2, 0.25) is 0 Å². The Balaban J connectivity index is 2.00. The smallest absolute Gasteiger partial charge is 0.336 e. The lowest BCUT2D eigenvalue weighted by atomic mass is 9.99. The number of piperidine rings is 1. The van der Waals surface area contributed by atoms with Crippen molar-refractivity contribution in [2.24, 2.45) is 0 Å². The van der Waals surface area contributed by atoms with Gasteiger partial charge in [0.15, 0.2) is 0 Å². The van der Waals surface area contributed by atoms with Crippen molar-refractivity contribution in [1.29, 1.82) is 0 Å². The number of aryl methyl sites for hydroxylation is 2. The van der Waals surface area contributed by atoms with Crippen LogP contribution in [0.5, 0.6) is 0 Å². The van der Waals surface area contributed by atoms with Gasteiger partial charge in [0, 0.05) is 18.0 Å². The van der Waals surface area contributed by atoms with Crippen molar-refractivity contribution in [2.45, 2.75) is 45.7 Å². The van der Waals surface area contributed by atoms with Crippen LogP contribution >= 0.6 is 0 Å². The van der Waals surface area contributed by atoms with Crippen molar-refractivity contribution in [2.75, 3.05) is 13.7 Å². The van der Waals surface area contributed by atoms with Gasteiger partial charge in [-0.1, -0.05) is 6.42 Å². The zero-order valence-corrected chi connectivity index (χ0v) is 14.4. The van der Waals surface area contributed by atoms with Crippen LogP contribution in [-0.4, -0.2) is 30.6 Å². The molecule has 2 aromatic rings. The van der Waals surface area contributed by atoms with E-state index >= 15 is 0 Å². The van der Waals surface area contributed by atoms with E-state index in [0.29, 0.717) is 12.1 Å². The van der Waals surface area contributed by atoms with Gasteiger partial charge in [0.1, 0.15) is 11.6 Å². The quantitative estimate of drug-likeness (QED) is 0.640. The van der Waals surface area contributed by atoms with E-state index in [1.807, 2.05) is 19.9 Å². The molecule has 0 N–H and O–H groups in total. The van der Waals surface area contributed by atoms with Gasteiger partial charge in [0.05, 0.1) is 7.11 Å². The van der Waals surface area contributed by atoms with Crippen LogP contribution < -0.4 is 5.63 Å². The minimum Gasteiger partial charge on any atom is -0.468 e. The molecular weight excluding hydrogens is 306 g/mol. The number of rotatable bonds is 3. The van der Waals surface area contributed by atoms with Gasteiger partial charge in [-0.15, -0.1) is 0 Å². The topological polar surface area (TPSA) is 59.8 Å². The van der Waals surface area contributed by atoms with Crippen LogP contribution in [-0.2, 0) is 16.1 Å². The summed E-state index contributed by atoms with van der Waals surface area (Å²) in [5.41, 5.74) is 3.40. The van der Waals surface area contributed by atoms with Crippen LogP contribution in [0.4, 0.5) is 0 Å². The number of nitrogens with zero attached hydrogens (tertiary/aromatic N) is 1. The van der Waals surface area contributed by atoms with Crippen LogP contribution in [0.25, 0.3) is 11.0 Å². The lowest BCUT2D eigenvalue weighted by Crippen LogP contribution is -2.44. The molecule has 2 heterocycles. The van der Waals surface area contributed by atoms with Gasteiger partial charge in [-0.3, -0.25) is 9.69 Å². The first-order valence-electron chi connectivity index (χ1n) is 8.35. The van der Waals surface area contributed by atoms with E-state index in [-0.39, 0.29) is 17.6 Å². The first-order valence-corrected chi connectivity index (χ1v) is 8.35. The molecule has 1 atom stereocenters. The second-order valence-electron chi connectivity index (χ2n) is 6.53. The molecule has 128 valence electrons. The zero-order chi connectivity index (χ0) is 17.3. The Kier molecular flexibility index (Phi) is 4.71. The maximum absolute atomic E-state index is 12.1. The summed E-state index contributed by atoms with van der Waals surface area (Å²) in [5, 5.41) is 0.937. The molecule has 3 rings (SSSR count). The molecule has 5 nitrogen and oxygen atoms in total. The molecule has 1 aromatic heterocycles. The molecule has 24 heavy (non-hydrogen) atoms. The van der Waals surface area contributed by atoms with Crippen molar-refractivity contribution in [1.82, 2.24) is 4.90 Å². The predicted octanol–water partition coefficient (Wildman–Crippen LogP) is 2.94. The Labute approximate surface area is 141 Å². The van der Waals surface area contributed by atoms with Crippen molar-refractivity contribution >= 4 is 16.9 Å². The van der Waals surface area contributed by atoms with Gasteiger partial charge in [-0.25, -0.2) is 4.79 Å². The molecule has 1 aliphatic rings. The van der Waals surface area contributed by atoms with Crippen molar-refractivity contribution in [3.05, 3.63) is 45.3 Å². The molecule has 0 radical (unpaired) electrons. The molecule has 0 unspecified atom stereocenters. The van der Waals surface area contributed by atoms with E-state index in [9.17, 15) is 9.59 Å². The third-order valence-corrected chi connectivity index (χ3v) is 4.90. The van der Waals surface area contributed by atoms with Crippen LogP contribution in [0.3, 0.4) is 0 Å². The molecule has 0 saturated carbocycles. The monoisotopic (exact) mass is 329 g/mol. The molecule has 0 amide bonds. The summed E-state index contributed by atoms with van der Waals surface area (Å²) in [6.07, 6.45) is 2.86. The summed E-state index contributed by atoms with van der Waals surface area (Å²) in [7, 11) is 1.42. The third-order valence-electron chi connectivity index (χ3n) is 4.90. The molecule has 5 heteroatoms. The average molecular weight is 329 g/mol. The highest BCUT2D eigenvalue weighted by Gasteiger charge is 2.29. The van der Waals surface area contributed by atoms with Crippen LogP contribution in [0, 0.1) is 13.8 Å². The molecule has 0 aliphatic carbocycles. The Bertz CT molecular complexity index is 824. The largest absolute Gasteiger partial charge is 0.468 e. The normalized spacial score (nSPS) is 18.7. The molecule has 1 aromatic carbocycles. The fourth-order valence-electron chi connectivity index (χ4n) is 3.42. The predicted molar refractivity (Wildman–Crippen MR) is 92.0 cm³/mol. The summed E-state index contributed by atoms with van der Waals surface area (Å²) in [6, 6.07) is 5.27. The summed E-state index contributed by atoms with van der Waals surface area (Å²) in [5.74, 6) is -0.200. The van der Waals surface area contributed by atoms with Gasteiger partial charge >= 0.3 is 11.6 Å². The Morgan fingerprint density at radius 1 is 1.25 bits per heavy atom.